The summed E-state index contributed by atoms with van der Waals surface area (Å²) in [5.74, 6) is 1.43. The number of hydrogen-bond acceptors (Lipinski definition) is 3. The molecule has 1 rings (SSSR count). The molecule has 3 nitrogen and oxygen atoms in total. The van der Waals surface area contributed by atoms with Crippen LogP contribution in [0.3, 0.4) is 0 Å². The molecule has 2 N–H and O–H groups in total. The van der Waals surface area contributed by atoms with Gasteiger partial charge in [-0.2, -0.15) is 0 Å². The van der Waals surface area contributed by atoms with Crippen molar-refractivity contribution in [2.24, 2.45) is 5.92 Å². The number of benzene rings is 1. The zero-order valence-electron chi connectivity index (χ0n) is 12.6. The molecule has 0 fully saturated rings. The summed E-state index contributed by atoms with van der Waals surface area (Å²) in [7, 11) is 0. The van der Waals surface area contributed by atoms with E-state index in [1.807, 2.05) is 0 Å². The van der Waals surface area contributed by atoms with Crippen molar-refractivity contribution in [3.8, 4) is 5.75 Å². The van der Waals surface area contributed by atoms with E-state index < -0.39 is 6.10 Å². The van der Waals surface area contributed by atoms with Crippen LogP contribution in [-0.4, -0.2) is 30.4 Å². The molecule has 0 aliphatic carbocycles. The number of aliphatic hydroxyl groups is 1. The van der Waals surface area contributed by atoms with Crippen molar-refractivity contribution in [1.29, 1.82) is 0 Å². The quantitative estimate of drug-likeness (QED) is 0.733. The molecule has 0 heterocycles. The second-order valence-electron chi connectivity index (χ2n) is 5.48. The van der Waals surface area contributed by atoms with Crippen molar-refractivity contribution >= 4 is 11.6 Å². The number of halogens is 1. The molecule has 114 valence electrons. The maximum Gasteiger partial charge on any atom is 0.119 e. The van der Waals surface area contributed by atoms with Crippen LogP contribution in [0, 0.1) is 5.92 Å². The predicted molar refractivity (Wildman–Crippen MR) is 84.5 cm³/mol. The average molecular weight is 300 g/mol. The molecule has 3 atom stereocenters. The Hall–Kier alpha value is -0.770. The third kappa shape index (κ3) is 7.13. The van der Waals surface area contributed by atoms with Crippen LogP contribution in [0.2, 0.25) is 5.02 Å². The van der Waals surface area contributed by atoms with Crippen molar-refractivity contribution in [3.63, 3.8) is 0 Å². The van der Waals surface area contributed by atoms with Gasteiger partial charge in [0.2, 0.25) is 0 Å². The van der Waals surface area contributed by atoms with Crippen LogP contribution in [-0.2, 0) is 0 Å². The number of ether oxygens (including phenoxy) is 1. The van der Waals surface area contributed by atoms with Gasteiger partial charge in [0.15, 0.2) is 0 Å². The fraction of sp³-hybridized carbons (Fsp3) is 0.625. The molecule has 0 saturated carbocycles. The maximum absolute atomic E-state index is 9.89. The third-order valence-electron chi connectivity index (χ3n) is 3.41. The molecule has 1 aromatic carbocycles. The lowest BCUT2D eigenvalue weighted by molar-refractivity contribution is 0.103. The largest absolute Gasteiger partial charge is 0.491 e. The van der Waals surface area contributed by atoms with Crippen molar-refractivity contribution in [2.45, 2.75) is 45.8 Å². The summed E-state index contributed by atoms with van der Waals surface area (Å²) >= 11 is 5.80. The van der Waals surface area contributed by atoms with Gasteiger partial charge < -0.3 is 15.2 Å². The first-order valence-electron chi connectivity index (χ1n) is 7.31. The lowest BCUT2D eigenvalue weighted by Crippen LogP contribution is -2.37. The summed E-state index contributed by atoms with van der Waals surface area (Å²) in [5.41, 5.74) is 0. The molecule has 0 saturated heterocycles. The van der Waals surface area contributed by atoms with E-state index in [1.54, 1.807) is 24.3 Å². The van der Waals surface area contributed by atoms with E-state index in [2.05, 4.69) is 26.1 Å². The molecule has 0 radical (unpaired) electrons. The standard InChI is InChI=1S/C16H26ClNO2/c1-4-12(2)9-13(3)18-10-15(19)11-20-16-7-5-14(17)6-8-16/h5-8,12-13,15,18-19H,4,9-11H2,1-3H3. The van der Waals surface area contributed by atoms with Crippen LogP contribution in [0.25, 0.3) is 0 Å². The molecule has 20 heavy (non-hydrogen) atoms. The number of nitrogens with one attached hydrogen (secondary N) is 1. The van der Waals surface area contributed by atoms with Gasteiger partial charge in [-0.25, -0.2) is 0 Å². The zero-order valence-corrected chi connectivity index (χ0v) is 13.4. The van der Waals surface area contributed by atoms with Crippen LogP contribution in [0.15, 0.2) is 24.3 Å². The fourth-order valence-electron chi connectivity index (χ4n) is 1.97. The molecule has 0 amide bonds. The van der Waals surface area contributed by atoms with E-state index in [-0.39, 0.29) is 6.61 Å². The van der Waals surface area contributed by atoms with Crippen LogP contribution in [0.5, 0.6) is 5.75 Å². The van der Waals surface area contributed by atoms with Crippen molar-refractivity contribution in [3.05, 3.63) is 29.3 Å². The SMILES string of the molecule is CCC(C)CC(C)NCC(O)COc1ccc(Cl)cc1. The second-order valence-corrected chi connectivity index (χ2v) is 5.91. The van der Waals surface area contributed by atoms with Gasteiger partial charge in [-0.05, 0) is 43.5 Å². The Kier molecular flexibility index (Phi) is 7.97. The Morgan fingerprint density at radius 1 is 1.25 bits per heavy atom. The Bertz CT molecular complexity index is 369. The minimum Gasteiger partial charge on any atom is -0.491 e. The Morgan fingerprint density at radius 3 is 2.50 bits per heavy atom. The monoisotopic (exact) mass is 299 g/mol. The van der Waals surface area contributed by atoms with Gasteiger partial charge in [0.1, 0.15) is 18.5 Å². The first-order chi connectivity index (χ1) is 9.51. The Labute approximate surface area is 127 Å². The van der Waals surface area contributed by atoms with Crippen molar-refractivity contribution in [2.75, 3.05) is 13.2 Å². The van der Waals surface area contributed by atoms with E-state index in [1.165, 1.54) is 6.42 Å². The second kappa shape index (κ2) is 9.22. The number of aliphatic hydroxyl groups excluding tert-OH is 1. The highest BCUT2D eigenvalue weighted by molar-refractivity contribution is 6.30. The normalized spacial score (nSPS) is 15.7. The highest BCUT2D eigenvalue weighted by Crippen LogP contribution is 2.15. The first kappa shape index (κ1) is 17.3. The first-order valence-corrected chi connectivity index (χ1v) is 7.68. The molecule has 0 aromatic heterocycles. The molecule has 4 heteroatoms. The average Bonchev–Trinajstić information content (AvgIpc) is 2.44. The van der Waals surface area contributed by atoms with Crippen LogP contribution < -0.4 is 10.1 Å². The maximum atomic E-state index is 9.89. The van der Waals surface area contributed by atoms with E-state index in [0.717, 1.165) is 12.2 Å². The number of hydrogen-bond donors (Lipinski definition) is 2. The summed E-state index contributed by atoms with van der Waals surface area (Å²) in [4.78, 5) is 0. The Balaban J connectivity index is 2.20. The van der Waals surface area contributed by atoms with Gasteiger partial charge in [-0.15, -0.1) is 0 Å². The van der Waals surface area contributed by atoms with E-state index in [0.29, 0.717) is 23.5 Å². The molecular formula is C16H26ClNO2. The van der Waals surface area contributed by atoms with Gasteiger partial charge in [0.25, 0.3) is 0 Å². The molecule has 1 aromatic rings. The van der Waals surface area contributed by atoms with Crippen molar-refractivity contribution in [1.82, 2.24) is 5.32 Å². The molecule has 0 spiro atoms. The van der Waals surface area contributed by atoms with Gasteiger partial charge in [0.05, 0.1) is 0 Å². The van der Waals surface area contributed by atoms with E-state index >= 15 is 0 Å². The summed E-state index contributed by atoms with van der Waals surface area (Å²) < 4.78 is 5.51. The smallest absolute Gasteiger partial charge is 0.119 e. The van der Waals surface area contributed by atoms with Crippen LogP contribution in [0.1, 0.15) is 33.6 Å². The van der Waals surface area contributed by atoms with Gasteiger partial charge in [-0.3, -0.25) is 0 Å². The summed E-state index contributed by atoms with van der Waals surface area (Å²) in [6.07, 6.45) is 1.81. The predicted octanol–water partition coefficient (Wildman–Crippen LogP) is 3.49. The molecule has 0 aliphatic heterocycles. The zero-order chi connectivity index (χ0) is 15.0. The van der Waals surface area contributed by atoms with E-state index in [9.17, 15) is 5.11 Å². The lowest BCUT2D eigenvalue weighted by Gasteiger charge is -2.20. The minimum absolute atomic E-state index is 0.282. The summed E-state index contributed by atoms with van der Waals surface area (Å²) in [5, 5.41) is 13.9. The Morgan fingerprint density at radius 2 is 1.90 bits per heavy atom. The van der Waals surface area contributed by atoms with Crippen LogP contribution in [0.4, 0.5) is 0 Å². The third-order valence-corrected chi connectivity index (χ3v) is 3.66. The van der Waals surface area contributed by atoms with Gasteiger partial charge in [-0.1, -0.05) is 31.9 Å². The summed E-state index contributed by atoms with van der Waals surface area (Å²) in [6.45, 7) is 7.43. The molecule has 3 unspecified atom stereocenters. The topological polar surface area (TPSA) is 41.5 Å². The van der Waals surface area contributed by atoms with Crippen LogP contribution >= 0.6 is 11.6 Å². The molecule has 0 bridgehead atoms. The number of rotatable bonds is 9. The minimum atomic E-state index is -0.509. The molecular weight excluding hydrogens is 274 g/mol. The van der Waals surface area contributed by atoms with Gasteiger partial charge in [0, 0.05) is 17.6 Å². The van der Waals surface area contributed by atoms with Crippen molar-refractivity contribution < 1.29 is 9.84 Å². The highest BCUT2D eigenvalue weighted by Gasteiger charge is 2.10. The highest BCUT2D eigenvalue weighted by atomic mass is 35.5. The summed E-state index contributed by atoms with van der Waals surface area (Å²) in [6, 6.07) is 7.56. The molecule has 0 aliphatic rings. The lowest BCUT2D eigenvalue weighted by atomic mass is 10.0. The van der Waals surface area contributed by atoms with E-state index in [4.69, 9.17) is 16.3 Å². The fourth-order valence-corrected chi connectivity index (χ4v) is 2.10. The van der Waals surface area contributed by atoms with Gasteiger partial charge >= 0.3 is 0 Å².